The summed E-state index contributed by atoms with van der Waals surface area (Å²) in [5.74, 6) is -0.0329. The van der Waals surface area contributed by atoms with E-state index in [1.165, 1.54) is 11.1 Å². The topological polar surface area (TPSA) is 25.2 Å². The third kappa shape index (κ3) is 5.44. The van der Waals surface area contributed by atoms with Crippen molar-refractivity contribution in [2.75, 3.05) is 0 Å². The number of carbonyl (C=O) groups excluding carboxylic acids is 1. The highest BCUT2D eigenvalue weighted by Crippen LogP contribution is 2.18. The Morgan fingerprint density at radius 1 is 0.839 bits per heavy atom. The molecule has 4 rings (SSSR count). The Balaban J connectivity index is 1.60. The number of rotatable bonds is 7. The maximum Gasteiger partial charge on any atom is 0.254 e. The zero-order valence-corrected chi connectivity index (χ0v) is 18.3. The molecule has 0 fully saturated rings. The van der Waals surface area contributed by atoms with Gasteiger partial charge in [-0.05, 0) is 48.4 Å². The number of hydrogen-bond acceptors (Lipinski definition) is 1. The molecule has 0 N–H and O–H groups in total. The van der Waals surface area contributed by atoms with Gasteiger partial charge in [-0.2, -0.15) is 0 Å². The Labute approximate surface area is 188 Å². The molecule has 0 unspecified atom stereocenters. The molecule has 1 heterocycles. The summed E-state index contributed by atoms with van der Waals surface area (Å²) in [4.78, 5) is 15.3. The lowest BCUT2D eigenvalue weighted by molar-refractivity contribution is 0.0726. The number of benzene rings is 3. The van der Waals surface area contributed by atoms with Gasteiger partial charge in [-0.3, -0.25) is 4.79 Å². The minimum atomic E-state index is -0.0329. The molecule has 4 heteroatoms. The van der Waals surface area contributed by atoms with E-state index in [1.54, 1.807) is 12.1 Å². The average Bonchev–Trinajstić information content (AvgIpc) is 3.21. The van der Waals surface area contributed by atoms with Crippen LogP contribution < -0.4 is 0 Å². The normalized spacial score (nSPS) is 10.8. The summed E-state index contributed by atoms with van der Waals surface area (Å²) in [6.07, 6.45) is 2.07. The third-order valence-electron chi connectivity index (χ3n) is 5.32. The predicted molar refractivity (Wildman–Crippen MR) is 126 cm³/mol. The summed E-state index contributed by atoms with van der Waals surface area (Å²) in [6.45, 7) is 3.90. The number of carbonyl (C=O) groups is 1. The van der Waals surface area contributed by atoms with E-state index in [0.717, 1.165) is 17.8 Å². The van der Waals surface area contributed by atoms with Crippen LogP contribution in [0.2, 0.25) is 5.02 Å². The minimum absolute atomic E-state index is 0.0329. The van der Waals surface area contributed by atoms with Gasteiger partial charge in [0.15, 0.2) is 0 Å². The van der Waals surface area contributed by atoms with E-state index in [2.05, 4.69) is 48.0 Å². The van der Waals surface area contributed by atoms with E-state index in [4.69, 9.17) is 11.6 Å². The molecule has 1 amide bonds. The molecule has 31 heavy (non-hydrogen) atoms. The second-order valence-electron chi connectivity index (χ2n) is 7.77. The Kier molecular flexibility index (Phi) is 6.54. The Morgan fingerprint density at radius 2 is 1.61 bits per heavy atom. The highest BCUT2D eigenvalue weighted by Gasteiger charge is 2.18. The molecule has 1 aromatic heterocycles. The molecule has 0 aliphatic heterocycles. The quantitative estimate of drug-likeness (QED) is 0.337. The van der Waals surface area contributed by atoms with E-state index >= 15 is 0 Å². The van der Waals surface area contributed by atoms with Crippen LogP contribution in [-0.2, 0) is 19.6 Å². The minimum Gasteiger partial charge on any atom is -0.345 e. The molecule has 0 saturated carbocycles. The third-order valence-corrected chi connectivity index (χ3v) is 5.56. The van der Waals surface area contributed by atoms with E-state index in [-0.39, 0.29) is 5.91 Å². The van der Waals surface area contributed by atoms with Crippen molar-refractivity contribution in [2.24, 2.45) is 0 Å². The number of aryl methyl sites for hydroxylation is 1. The summed E-state index contributed by atoms with van der Waals surface area (Å²) < 4.78 is 2.20. The second kappa shape index (κ2) is 9.67. The molecular weight excluding hydrogens is 404 g/mol. The number of aromatic nitrogens is 1. The van der Waals surface area contributed by atoms with E-state index < -0.39 is 0 Å². The molecule has 0 aliphatic carbocycles. The van der Waals surface area contributed by atoms with Crippen LogP contribution in [0.3, 0.4) is 0 Å². The summed E-state index contributed by atoms with van der Waals surface area (Å²) in [7, 11) is 0. The zero-order valence-electron chi connectivity index (χ0n) is 17.5. The van der Waals surface area contributed by atoms with Crippen LogP contribution in [0.4, 0.5) is 0 Å². The number of amides is 1. The van der Waals surface area contributed by atoms with Crippen molar-refractivity contribution in [3.05, 3.63) is 130 Å². The van der Waals surface area contributed by atoms with Crippen molar-refractivity contribution in [2.45, 2.75) is 26.6 Å². The standard InChI is InChI=1S/C27H25ClN2O/c1-21-12-14-23(15-13-21)18-29-16-6-11-26(29)20-30(19-22-7-3-2-4-8-22)27(31)24-9-5-10-25(28)17-24/h2-17H,18-20H2,1H3. The highest BCUT2D eigenvalue weighted by atomic mass is 35.5. The number of nitrogens with zero attached hydrogens (tertiary/aromatic N) is 2. The summed E-state index contributed by atoms with van der Waals surface area (Å²) in [5, 5.41) is 0.563. The van der Waals surface area contributed by atoms with Gasteiger partial charge in [0.05, 0.1) is 6.54 Å². The smallest absolute Gasteiger partial charge is 0.254 e. The van der Waals surface area contributed by atoms with Gasteiger partial charge in [0.1, 0.15) is 0 Å². The SMILES string of the molecule is Cc1ccc(Cn2cccc2CN(Cc2ccccc2)C(=O)c2cccc(Cl)c2)cc1. The summed E-state index contributed by atoms with van der Waals surface area (Å²) in [5.41, 5.74) is 5.26. The molecule has 156 valence electrons. The predicted octanol–water partition coefficient (Wildman–Crippen LogP) is 6.34. The molecular formula is C27H25ClN2O. The largest absolute Gasteiger partial charge is 0.345 e. The lowest BCUT2D eigenvalue weighted by atomic mass is 10.1. The van der Waals surface area contributed by atoms with E-state index in [9.17, 15) is 4.79 Å². The first-order valence-corrected chi connectivity index (χ1v) is 10.7. The number of hydrogen-bond donors (Lipinski definition) is 0. The molecule has 0 spiro atoms. The first-order chi connectivity index (χ1) is 15.1. The molecule has 0 radical (unpaired) electrons. The van der Waals surface area contributed by atoms with Crippen LogP contribution in [0.5, 0.6) is 0 Å². The first kappa shape index (κ1) is 21.0. The van der Waals surface area contributed by atoms with Gasteiger partial charge < -0.3 is 9.47 Å². The van der Waals surface area contributed by atoms with Gasteiger partial charge >= 0.3 is 0 Å². The van der Waals surface area contributed by atoms with Crippen LogP contribution >= 0.6 is 11.6 Å². The molecule has 4 aromatic rings. The van der Waals surface area contributed by atoms with Gasteiger partial charge in [0.2, 0.25) is 0 Å². The van der Waals surface area contributed by atoms with Gasteiger partial charge in [0.25, 0.3) is 5.91 Å². The van der Waals surface area contributed by atoms with Crippen LogP contribution in [0, 0.1) is 6.92 Å². The summed E-state index contributed by atoms with van der Waals surface area (Å²) in [6, 6.07) is 29.9. The lowest BCUT2D eigenvalue weighted by Gasteiger charge is -2.24. The van der Waals surface area contributed by atoms with E-state index in [1.807, 2.05) is 53.4 Å². The first-order valence-electron chi connectivity index (χ1n) is 10.4. The van der Waals surface area contributed by atoms with Crippen molar-refractivity contribution in [1.29, 1.82) is 0 Å². The maximum atomic E-state index is 13.4. The fraction of sp³-hybridized carbons (Fsp3) is 0.148. The van der Waals surface area contributed by atoms with Crippen molar-refractivity contribution in [3.8, 4) is 0 Å². The Bertz CT molecular complexity index is 1150. The summed E-state index contributed by atoms with van der Waals surface area (Å²) >= 11 is 6.15. The molecule has 0 atom stereocenters. The lowest BCUT2D eigenvalue weighted by Crippen LogP contribution is -2.31. The molecule has 0 bridgehead atoms. The average molecular weight is 429 g/mol. The molecule has 3 aromatic carbocycles. The molecule has 0 aliphatic rings. The van der Waals surface area contributed by atoms with Crippen LogP contribution in [0.25, 0.3) is 0 Å². The second-order valence-corrected chi connectivity index (χ2v) is 8.21. The zero-order chi connectivity index (χ0) is 21.6. The van der Waals surface area contributed by atoms with Gasteiger partial charge in [0, 0.05) is 35.6 Å². The fourth-order valence-corrected chi connectivity index (χ4v) is 3.83. The fourth-order valence-electron chi connectivity index (χ4n) is 3.64. The molecule has 0 saturated heterocycles. The monoisotopic (exact) mass is 428 g/mol. The maximum absolute atomic E-state index is 13.4. The van der Waals surface area contributed by atoms with Crippen LogP contribution in [-0.4, -0.2) is 15.4 Å². The van der Waals surface area contributed by atoms with Crippen molar-refractivity contribution < 1.29 is 4.79 Å². The number of halogens is 1. The Morgan fingerprint density at radius 3 is 2.35 bits per heavy atom. The van der Waals surface area contributed by atoms with Gasteiger partial charge in [-0.25, -0.2) is 0 Å². The van der Waals surface area contributed by atoms with Crippen molar-refractivity contribution >= 4 is 17.5 Å². The van der Waals surface area contributed by atoms with E-state index in [0.29, 0.717) is 23.7 Å². The van der Waals surface area contributed by atoms with Crippen molar-refractivity contribution in [1.82, 2.24) is 9.47 Å². The van der Waals surface area contributed by atoms with Gasteiger partial charge in [-0.1, -0.05) is 77.8 Å². The van der Waals surface area contributed by atoms with Crippen LogP contribution in [0.1, 0.15) is 32.7 Å². The van der Waals surface area contributed by atoms with Crippen LogP contribution in [0.15, 0.2) is 97.2 Å². The highest BCUT2D eigenvalue weighted by molar-refractivity contribution is 6.30. The Hall–Kier alpha value is -3.30. The van der Waals surface area contributed by atoms with Crippen molar-refractivity contribution in [3.63, 3.8) is 0 Å². The molecule has 3 nitrogen and oxygen atoms in total. The van der Waals surface area contributed by atoms with Gasteiger partial charge in [-0.15, -0.1) is 0 Å².